The van der Waals surface area contributed by atoms with Crippen LogP contribution in [0.1, 0.15) is 32.0 Å². The molecular formula is C15H14FN3O5. The number of pyridine rings is 1. The number of carbonyl (C=O) groups is 2. The molecule has 2 aromatic rings. The van der Waals surface area contributed by atoms with Crippen LogP contribution in [-0.2, 0) is 13.2 Å². The molecule has 1 aromatic heterocycles. The first-order valence-corrected chi connectivity index (χ1v) is 6.71. The number of rotatable bonds is 5. The topological polar surface area (TPSA) is 137 Å². The maximum absolute atomic E-state index is 12.8. The molecule has 0 radical (unpaired) electrons. The molecule has 0 spiro atoms. The van der Waals surface area contributed by atoms with E-state index in [2.05, 4.69) is 4.98 Å². The smallest absolute Gasteiger partial charge is 0.299 e. The van der Waals surface area contributed by atoms with Crippen LogP contribution in [0.15, 0.2) is 30.5 Å². The lowest BCUT2D eigenvalue weighted by Crippen LogP contribution is -2.28. The predicted octanol–water partition coefficient (Wildman–Crippen LogP) is 0.549. The highest BCUT2D eigenvalue weighted by molar-refractivity contribution is 5.99. The highest BCUT2D eigenvalue weighted by Crippen LogP contribution is 2.25. The van der Waals surface area contributed by atoms with Crippen LogP contribution in [0.3, 0.4) is 0 Å². The summed E-state index contributed by atoms with van der Waals surface area (Å²) in [6.07, 6.45) is 0.923. The SMILES string of the molecule is NC(=O)c1cnc(C(=O)N(O)Cc2ccc(F)cc2)c(O)c1CO. The van der Waals surface area contributed by atoms with Gasteiger partial charge in [0.1, 0.15) is 5.82 Å². The van der Waals surface area contributed by atoms with Crippen LogP contribution in [0.2, 0.25) is 0 Å². The number of hydrogen-bond acceptors (Lipinski definition) is 6. The average molecular weight is 335 g/mol. The van der Waals surface area contributed by atoms with Gasteiger partial charge in [-0.3, -0.25) is 14.8 Å². The number of nitrogens with two attached hydrogens (primary N) is 1. The summed E-state index contributed by atoms with van der Waals surface area (Å²) in [6.45, 7) is -1.04. The fourth-order valence-electron chi connectivity index (χ4n) is 2.02. The number of aromatic hydroxyl groups is 1. The van der Waals surface area contributed by atoms with Crippen LogP contribution in [0.5, 0.6) is 5.75 Å². The largest absolute Gasteiger partial charge is 0.505 e. The van der Waals surface area contributed by atoms with E-state index in [1.807, 2.05) is 0 Å². The highest BCUT2D eigenvalue weighted by Gasteiger charge is 2.24. The van der Waals surface area contributed by atoms with E-state index in [9.17, 15) is 29.4 Å². The summed E-state index contributed by atoms with van der Waals surface area (Å²) in [7, 11) is 0. The number of carbonyl (C=O) groups excluding carboxylic acids is 2. The normalized spacial score (nSPS) is 10.5. The summed E-state index contributed by atoms with van der Waals surface area (Å²) in [5, 5.41) is 29.3. The summed E-state index contributed by atoms with van der Waals surface area (Å²) in [5.74, 6) is -3.23. The monoisotopic (exact) mass is 335 g/mol. The zero-order chi connectivity index (χ0) is 17.9. The lowest BCUT2D eigenvalue weighted by atomic mass is 10.1. The predicted molar refractivity (Wildman–Crippen MR) is 78.4 cm³/mol. The number of aliphatic hydroxyl groups is 1. The number of hydrogen-bond donors (Lipinski definition) is 4. The van der Waals surface area contributed by atoms with E-state index in [0.29, 0.717) is 5.56 Å². The maximum atomic E-state index is 12.8. The number of aliphatic hydroxyl groups excluding tert-OH is 1. The molecule has 5 N–H and O–H groups in total. The molecule has 1 heterocycles. The Kier molecular flexibility index (Phi) is 5.07. The van der Waals surface area contributed by atoms with Crippen LogP contribution in [0.4, 0.5) is 4.39 Å². The number of primary amides is 1. The number of benzene rings is 1. The second-order valence-electron chi connectivity index (χ2n) is 4.86. The summed E-state index contributed by atoms with van der Waals surface area (Å²) in [4.78, 5) is 27.0. The molecule has 24 heavy (non-hydrogen) atoms. The minimum absolute atomic E-state index is 0.241. The fourth-order valence-corrected chi connectivity index (χ4v) is 2.02. The first-order valence-electron chi connectivity index (χ1n) is 6.71. The highest BCUT2D eigenvalue weighted by atomic mass is 19.1. The number of halogens is 1. The first kappa shape index (κ1) is 17.3. The molecule has 2 rings (SSSR count). The minimum Gasteiger partial charge on any atom is -0.505 e. The van der Waals surface area contributed by atoms with Crippen molar-refractivity contribution in [2.45, 2.75) is 13.2 Å². The molecule has 0 bridgehead atoms. The number of hydroxylamine groups is 2. The molecule has 9 heteroatoms. The Bertz CT molecular complexity index is 779. The van der Waals surface area contributed by atoms with Crippen LogP contribution in [0, 0.1) is 5.82 Å². The van der Waals surface area contributed by atoms with Gasteiger partial charge in [0, 0.05) is 11.8 Å². The van der Waals surface area contributed by atoms with E-state index >= 15 is 0 Å². The van der Waals surface area contributed by atoms with Crippen molar-refractivity contribution < 1.29 is 29.4 Å². The van der Waals surface area contributed by atoms with Crippen molar-refractivity contribution in [2.24, 2.45) is 5.73 Å². The van der Waals surface area contributed by atoms with Crippen molar-refractivity contribution in [2.75, 3.05) is 0 Å². The second-order valence-corrected chi connectivity index (χ2v) is 4.86. The third-order valence-corrected chi connectivity index (χ3v) is 3.26. The van der Waals surface area contributed by atoms with Gasteiger partial charge in [-0.25, -0.2) is 14.4 Å². The first-order chi connectivity index (χ1) is 11.3. The zero-order valence-electron chi connectivity index (χ0n) is 12.3. The van der Waals surface area contributed by atoms with Gasteiger partial charge in [0.2, 0.25) is 0 Å². The fraction of sp³-hybridized carbons (Fsp3) is 0.133. The molecule has 0 atom stereocenters. The van der Waals surface area contributed by atoms with Crippen molar-refractivity contribution in [1.82, 2.24) is 10.0 Å². The van der Waals surface area contributed by atoms with Gasteiger partial charge in [0.15, 0.2) is 11.4 Å². The molecule has 8 nitrogen and oxygen atoms in total. The Morgan fingerprint density at radius 1 is 1.25 bits per heavy atom. The quantitative estimate of drug-likeness (QED) is 0.465. The van der Waals surface area contributed by atoms with Crippen molar-refractivity contribution in [3.63, 3.8) is 0 Å². The lowest BCUT2D eigenvalue weighted by molar-refractivity contribution is -0.0654. The molecular weight excluding hydrogens is 321 g/mol. The Morgan fingerprint density at radius 2 is 1.88 bits per heavy atom. The van der Waals surface area contributed by atoms with Crippen LogP contribution >= 0.6 is 0 Å². The van der Waals surface area contributed by atoms with Crippen molar-refractivity contribution in [3.05, 3.63) is 58.7 Å². The third-order valence-electron chi connectivity index (χ3n) is 3.26. The van der Waals surface area contributed by atoms with Gasteiger partial charge in [-0.1, -0.05) is 12.1 Å². The van der Waals surface area contributed by atoms with E-state index in [1.54, 1.807) is 0 Å². The molecule has 0 fully saturated rings. The molecule has 2 amide bonds. The van der Waals surface area contributed by atoms with Crippen LogP contribution < -0.4 is 5.73 Å². The molecule has 126 valence electrons. The van der Waals surface area contributed by atoms with Crippen molar-refractivity contribution >= 4 is 11.8 Å². The van der Waals surface area contributed by atoms with E-state index in [0.717, 1.165) is 18.3 Å². The van der Waals surface area contributed by atoms with Crippen molar-refractivity contribution in [3.8, 4) is 5.75 Å². The van der Waals surface area contributed by atoms with Gasteiger partial charge in [0.25, 0.3) is 11.8 Å². The number of nitrogens with zero attached hydrogens (tertiary/aromatic N) is 2. The summed E-state index contributed by atoms with van der Waals surface area (Å²) in [6, 6.07) is 5.06. The van der Waals surface area contributed by atoms with Gasteiger partial charge in [-0.05, 0) is 17.7 Å². The van der Waals surface area contributed by atoms with Gasteiger partial charge >= 0.3 is 0 Å². The number of amides is 2. The van der Waals surface area contributed by atoms with Gasteiger partial charge in [-0.15, -0.1) is 0 Å². The van der Waals surface area contributed by atoms with Crippen LogP contribution in [0.25, 0.3) is 0 Å². The second kappa shape index (κ2) is 7.02. The Labute approximate surface area is 135 Å². The molecule has 0 saturated heterocycles. The van der Waals surface area contributed by atoms with E-state index < -0.39 is 35.7 Å². The Balaban J connectivity index is 2.28. The van der Waals surface area contributed by atoms with Crippen molar-refractivity contribution in [1.29, 1.82) is 0 Å². The van der Waals surface area contributed by atoms with Gasteiger partial charge in [-0.2, -0.15) is 0 Å². The molecule has 1 aromatic carbocycles. The Hall–Kier alpha value is -3.04. The van der Waals surface area contributed by atoms with E-state index in [-0.39, 0.29) is 22.7 Å². The van der Waals surface area contributed by atoms with Gasteiger partial charge < -0.3 is 15.9 Å². The Morgan fingerprint density at radius 3 is 2.42 bits per heavy atom. The van der Waals surface area contributed by atoms with E-state index in [4.69, 9.17) is 5.73 Å². The third kappa shape index (κ3) is 3.47. The summed E-state index contributed by atoms with van der Waals surface area (Å²) in [5.41, 5.74) is 4.45. The maximum Gasteiger partial charge on any atom is 0.299 e. The van der Waals surface area contributed by atoms with Crippen LogP contribution in [-0.4, -0.2) is 37.3 Å². The molecule has 0 aliphatic rings. The number of aromatic nitrogens is 1. The van der Waals surface area contributed by atoms with E-state index in [1.165, 1.54) is 12.1 Å². The average Bonchev–Trinajstić information content (AvgIpc) is 2.55. The lowest BCUT2D eigenvalue weighted by Gasteiger charge is -2.16. The molecule has 0 saturated carbocycles. The summed E-state index contributed by atoms with van der Waals surface area (Å²) >= 11 is 0. The zero-order valence-corrected chi connectivity index (χ0v) is 12.3. The molecule has 0 unspecified atom stereocenters. The molecule has 0 aliphatic carbocycles. The summed E-state index contributed by atoms with van der Waals surface area (Å²) < 4.78 is 12.8. The minimum atomic E-state index is -1.07. The van der Waals surface area contributed by atoms with Gasteiger partial charge in [0.05, 0.1) is 18.7 Å². The standard InChI is InChI=1S/C15H14FN3O5/c16-9-3-1-8(2-4-9)6-19(24)15(23)12-13(21)11(7-20)10(5-18-12)14(17)22/h1-5,20-21,24H,6-7H2,(H2,17,22). The molecule has 0 aliphatic heterocycles.